The van der Waals surface area contributed by atoms with E-state index in [4.69, 9.17) is 4.74 Å². The Bertz CT molecular complexity index is 582. The van der Waals surface area contributed by atoms with E-state index in [0.717, 1.165) is 17.8 Å². The molecule has 100 valence electrons. The standard InChI is InChI=1S/C14H17N3OS/c1-9-13(15-8-16-14(9)18-2)17-11-4-3-5-12-10(11)6-7-19-12/h6-8,11H,3-5H2,1-2H3,(H,15,16,17). The molecule has 2 heterocycles. The van der Waals surface area contributed by atoms with Gasteiger partial charge in [0.2, 0.25) is 5.88 Å². The zero-order chi connectivity index (χ0) is 13.2. The van der Waals surface area contributed by atoms with Gasteiger partial charge in [-0.3, -0.25) is 0 Å². The topological polar surface area (TPSA) is 47.0 Å². The van der Waals surface area contributed by atoms with Crippen LogP contribution < -0.4 is 10.1 Å². The van der Waals surface area contributed by atoms with Crippen molar-refractivity contribution in [2.75, 3.05) is 12.4 Å². The first-order chi connectivity index (χ1) is 9.29. The van der Waals surface area contributed by atoms with Crippen LogP contribution in [0.1, 0.15) is 34.9 Å². The van der Waals surface area contributed by atoms with Crippen LogP contribution in [0.2, 0.25) is 0 Å². The van der Waals surface area contributed by atoms with Crippen LogP contribution in [-0.2, 0) is 6.42 Å². The number of methoxy groups -OCH3 is 1. The number of fused-ring (bicyclic) bond motifs is 1. The number of aromatic nitrogens is 2. The molecule has 1 aliphatic carbocycles. The average molecular weight is 275 g/mol. The minimum absolute atomic E-state index is 0.355. The van der Waals surface area contributed by atoms with E-state index in [1.54, 1.807) is 13.4 Å². The maximum absolute atomic E-state index is 5.24. The molecule has 1 aliphatic rings. The summed E-state index contributed by atoms with van der Waals surface area (Å²) in [6, 6.07) is 2.58. The van der Waals surface area contributed by atoms with Crippen LogP contribution in [0.3, 0.4) is 0 Å². The van der Waals surface area contributed by atoms with Crippen LogP contribution in [0.4, 0.5) is 5.82 Å². The molecule has 0 aromatic carbocycles. The van der Waals surface area contributed by atoms with E-state index < -0.39 is 0 Å². The molecule has 0 amide bonds. The lowest BCUT2D eigenvalue weighted by molar-refractivity contribution is 0.393. The molecule has 1 N–H and O–H groups in total. The molecular formula is C14H17N3OS. The van der Waals surface area contributed by atoms with Crippen molar-refractivity contribution in [3.8, 4) is 5.88 Å². The van der Waals surface area contributed by atoms with E-state index >= 15 is 0 Å². The van der Waals surface area contributed by atoms with E-state index in [-0.39, 0.29) is 0 Å². The quantitative estimate of drug-likeness (QED) is 0.933. The molecular weight excluding hydrogens is 258 g/mol. The number of aryl methyl sites for hydroxylation is 1. The summed E-state index contributed by atoms with van der Waals surface area (Å²) in [6.45, 7) is 1.98. The summed E-state index contributed by atoms with van der Waals surface area (Å²) in [7, 11) is 1.64. The fourth-order valence-electron chi connectivity index (χ4n) is 2.59. The number of nitrogens with one attached hydrogen (secondary N) is 1. The fraction of sp³-hybridized carbons (Fsp3) is 0.429. The number of ether oxygens (including phenoxy) is 1. The third-order valence-corrected chi connectivity index (χ3v) is 4.59. The summed E-state index contributed by atoms with van der Waals surface area (Å²) in [4.78, 5) is 9.96. The molecule has 0 radical (unpaired) electrons. The van der Waals surface area contributed by atoms with Gasteiger partial charge in [0, 0.05) is 4.88 Å². The van der Waals surface area contributed by atoms with Crippen LogP contribution in [0, 0.1) is 6.92 Å². The van der Waals surface area contributed by atoms with Crippen LogP contribution in [0.5, 0.6) is 5.88 Å². The molecule has 0 bridgehead atoms. The van der Waals surface area contributed by atoms with E-state index in [1.165, 1.54) is 23.3 Å². The van der Waals surface area contributed by atoms with E-state index in [0.29, 0.717) is 11.9 Å². The molecule has 0 saturated heterocycles. The monoisotopic (exact) mass is 275 g/mol. The summed E-state index contributed by atoms with van der Waals surface area (Å²) in [6.07, 6.45) is 5.13. The van der Waals surface area contributed by atoms with Gasteiger partial charge in [-0.2, -0.15) is 0 Å². The van der Waals surface area contributed by atoms with Crippen LogP contribution in [0.25, 0.3) is 0 Å². The Hall–Kier alpha value is -1.62. The molecule has 2 aromatic rings. The average Bonchev–Trinajstić information content (AvgIpc) is 2.90. The van der Waals surface area contributed by atoms with Gasteiger partial charge in [0.25, 0.3) is 0 Å². The van der Waals surface area contributed by atoms with Gasteiger partial charge in [-0.1, -0.05) is 0 Å². The molecule has 2 aromatic heterocycles. The summed E-state index contributed by atoms with van der Waals surface area (Å²) >= 11 is 1.85. The zero-order valence-electron chi connectivity index (χ0n) is 11.1. The second-order valence-electron chi connectivity index (χ2n) is 4.74. The lowest BCUT2D eigenvalue weighted by Gasteiger charge is -2.25. The lowest BCUT2D eigenvalue weighted by Crippen LogP contribution is -2.17. The smallest absolute Gasteiger partial charge is 0.221 e. The third-order valence-electron chi connectivity index (χ3n) is 3.59. The Morgan fingerprint density at radius 2 is 2.32 bits per heavy atom. The number of thiophene rings is 1. The predicted molar refractivity (Wildman–Crippen MR) is 76.9 cm³/mol. The summed E-state index contributed by atoms with van der Waals surface area (Å²) in [5, 5.41) is 5.72. The maximum atomic E-state index is 5.24. The van der Waals surface area contributed by atoms with Gasteiger partial charge in [0.15, 0.2) is 0 Å². The normalized spacial score (nSPS) is 17.9. The van der Waals surface area contributed by atoms with Gasteiger partial charge in [0.1, 0.15) is 12.1 Å². The summed E-state index contributed by atoms with van der Waals surface area (Å²) in [5.41, 5.74) is 2.39. The van der Waals surface area contributed by atoms with Gasteiger partial charge in [-0.05, 0) is 43.2 Å². The number of rotatable bonds is 3. The van der Waals surface area contributed by atoms with Gasteiger partial charge in [-0.25, -0.2) is 9.97 Å². The van der Waals surface area contributed by atoms with E-state index in [2.05, 4.69) is 26.7 Å². The van der Waals surface area contributed by atoms with Crippen molar-refractivity contribution in [1.29, 1.82) is 0 Å². The number of anilines is 1. The second kappa shape index (κ2) is 5.17. The number of hydrogen-bond acceptors (Lipinski definition) is 5. The van der Waals surface area contributed by atoms with Crippen molar-refractivity contribution >= 4 is 17.2 Å². The highest BCUT2D eigenvalue weighted by molar-refractivity contribution is 7.10. The fourth-order valence-corrected chi connectivity index (χ4v) is 3.57. The van der Waals surface area contributed by atoms with Crippen molar-refractivity contribution in [2.24, 2.45) is 0 Å². The minimum Gasteiger partial charge on any atom is -0.481 e. The molecule has 0 aliphatic heterocycles. The Morgan fingerprint density at radius 1 is 1.42 bits per heavy atom. The van der Waals surface area contributed by atoms with Gasteiger partial charge >= 0.3 is 0 Å². The second-order valence-corrected chi connectivity index (χ2v) is 5.75. The van der Waals surface area contributed by atoms with E-state index in [9.17, 15) is 0 Å². The van der Waals surface area contributed by atoms with Crippen molar-refractivity contribution in [3.05, 3.63) is 33.8 Å². The Kier molecular flexibility index (Phi) is 3.38. The minimum atomic E-state index is 0.355. The first-order valence-electron chi connectivity index (χ1n) is 6.48. The van der Waals surface area contributed by atoms with Crippen LogP contribution >= 0.6 is 11.3 Å². The Morgan fingerprint density at radius 3 is 3.16 bits per heavy atom. The zero-order valence-corrected chi connectivity index (χ0v) is 12.0. The van der Waals surface area contributed by atoms with Gasteiger partial charge in [0.05, 0.1) is 18.7 Å². The molecule has 0 spiro atoms. The highest BCUT2D eigenvalue weighted by Gasteiger charge is 2.22. The first kappa shape index (κ1) is 12.4. The molecule has 19 heavy (non-hydrogen) atoms. The van der Waals surface area contributed by atoms with Crippen LogP contribution in [0.15, 0.2) is 17.8 Å². The summed E-state index contributed by atoms with van der Waals surface area (Å²) in [5.74, 6) is 1.51. The highest BCUT2D eigenvalue weighted by Crippen LogP contribution is 2.36. The molecule has 0 saturated carbocycles. The molecule has 4 nitrogen and oxygen atoms in total. The van der Waals surface area contributed by atoms with Crippen molar-refractivity contribution < 1.29 is 4.74 Å². The number of hydrogen-bond donors (Lipinski definition) is 1. The molecule has 1 atom stereocenters. The Balaban J connectivity index is 1.87. The van der Waals surface area contributed by atoms with Crippen molar-refractivity contribution in [1.82, 2.24) is 9.97 Å². The SMILES string of the molecule is COc1ncnc(NC2CCCc3sccc32)c1C. The molecule has 1 unspecified atom stereocenters. The third kappa shape index (κ3) is 2.30. The molecule has 5 heteroatoms. The number of nitrogens with zero attached hydrogens (tertiary/aromatic N) is 2. The highest BCUT2D eigenvalue weighted by atomic mass is 32.1. The largest absolute Gasteiger partial charge is 0.481 e. The van der Waals surface area contributed by atoms with Crippen LogP contribution in [-0.4, -0.2) is 17.1 Å². The molecule has 3 rings (SSSR count). The van der Waals surface area contributed by atoms with E-state index in [1.807, 2.05) is 18.3 Å². The summed E-state index contributed by atoms with van der Waals surface area (Å²) < 4.78 is 5.24. The van der Waals surface area contributed by atoms with Crippen molar-refractivity contribution in [3.63, 3.8) is 0 Å². The van der Waals surface area contributed by atoms with Crippen molar-refractivity contribution in [2.45, 2.75) is 32.2 Å². The lowest BCUT2D eigenvalue weighted by atomic mass is 9.94. The first-order valence-corrected chi connectivity index (χ1v) is 7.36. The van der Waals surface area contributed by atoms with Gasteiger partial charge < -0.3 is 10.1 Å². The predicted octanol–water partition coefficient (Wildman–Crippen LogP) is 3.34. The maximum Gasteiger partial charge on any atom is 0.221 e. The van der Waals surface area contributed by atoms with Gasteiger partial charge in [-0.15, -0.1) is 11.3 Å². The Labute approximate surface area is 116 Å². The molecule has 0 fully saturated rings.